The molecule has 0 saturated carbocycles. The molecular formula is C18H26N4S. The van der Waals surface area contributed by atoms with E-state index in [2.05, 4.69) is 61.5 Å². The smallest absolute Gasteiger partial charge is 0.128 e. The van der Waals surface area contributed by atoms with E-state index in [1.54, 1.807) is 6.20 Å². The molecule has 124 valence electrons. The zero-order valence-corrected chi connectivity index (χ0v) is 15.5. The van der Waals surface area contributed by atoms with Crippen LogP contribution in [0.25, 0.3) is 11.3 Å². The molecule has 0 fully saturated rings. The average molecular weight is 331 g/mol. The van der Waals surface area contributed by atoms with Crippen molar-refractivity contribution in [2.75, 3.05) is 24.1 Å². The van der Waals surface area contributed by atoms with Crippen LogP contribution >= 0.6 is 11.8 Å². The molecular weight excluding hydrogens is 304 g/mol. The minimum Gasteiger partial charge on any atom is -0.287 e. The Morgan fingerprint density at radius 3 is 2.74 bits per heavy atom. The van der Waals surface area contributed by atoms with Gasteiger partial charge < -0.3 is 0 Å². The predicted molar refractivity (Wildman–Crippen MR) is 100 cm³/mol. The van der Waals surface area contributed by atoms with Crippen LogP contribution in [-0.4, -0.2) is 33.7 Å². The minimum absolute atomic E-state index is 0.0257. The average Bonchev–Trinajstić information content (AvgIpc) is 2.98. The fourth-order valence-corrected chi connectivity index (χ4v) is 3.46. The Morgan fingerprint density at radius 1 is 1.43 bits per heavy atom. The summed E-state index contributed by atoms with van der Waals surface area (Å²) < 4.78 is 2.10. The number of hydrogen-bond donors (Lipinski definition) is 0. The number of rotatable bonds is 7. The SMILES string of the molecule is C=C(N(C)n1cc(-c2cccnc2)nc1CC)C(C)(C)CSC. The lowest BCUT2D eigenvalue weighted by atomic mass is 9.92. The van der Waals surface area contributed by atoms with Crippen molar-refractivity contribution in [1.29, 1.82) is 0 Å². The van der Waals surface area contributed by atoms with Crippen LogP contribution in [0.2, 0.25) is 0 Å². The van der Waals surface area contributed by atoms with Crippen molar-refractivity contribution in [3.8, 4) is 11.3 Å². The van der Waals surface area contributed by atoms with Crippen LogP contribution in [0.1, 0.15) is 26.6 Å². The predicted octanol–water partition coefficient (Wildman–Crippen LogP) is 3.98. The summed E-state index contributed by atoms with van der Waals surface area (Å²) in [5.41, 5.74) is 3.08. The van der Waals surface area contributed by atoms with Crippen molar-refractivity contribution in [2.24, 2.45) is 5.41 Å². The summed E-state index contributed by atoms with van der Waals surface area (Å²) in [6.07, 6.45) is 8.68. The van der Waals surface area contributed by atoms with Gasteiger partial charge in [0.05, 0.1) is 11.9 Å². The van der Waals surface area contributed by atoms with Crippen LogP contribution in [0.5, 0.6) is 0 Å². The first-order chi connectivity index (χ1) is 10.9. The van der Waals surface area contributed by atoms with E-state index >= 15 is 0 Å². The first kappa shape index (κ1) is 17.6. The van der Waals surface area contributed by atoms with E-state index in [1.165, 1.54) is 0 Å². The molecule has 0 N–H and O–H groups in total. The highest BCUT2D eigenvalue weighted by atomic mass is 32.2. The minimum atomic E-state index is 0.0257. The summed E-state index contributed by atoms with van der Waals surface area (Å²) in [5.74, 6) is 2.05. The largest absolute Gasteiger partial charge is 0.287 e. The molecule has 0 aromatic carbocycles. The van der Waals surface area contributed by atoms with Gasteiger partial charge in [-0.25, -0.2) is 9.66 Å². The molecule has 2 aromatic heterocycles. The van der Waals surface area contributed by atoms with E-state index in [4.69, 9.17) is 4.98 Å². The van der Waals surface area contributed by atoms with Crippen LogP contribution in [0.4, 0.5) is 0 Å². The first-order valence-electron chi connectivity index (χ1n) is 7.81. The van der Waals surface area contributed by atoms with Gasteiger partial charge in [0, 0.05) is 48.3 Å². The van der Waals surface area contributed by atoms with E-state index in [-0.39, 0.29) is 5.41 Å². The number of hydrogen-bond acceptors (Lipinski definition) is 4. The summed E-state index contributed by atoms with van der Waals surface area (Å²) in [5, 5.41) is 2.11. The Kier molecular flexibility index (Phi) is 5.52. The third kappa shape index (κ3) is 3.78. The molecule has 0 spiro atoms. The van der Waals surface area contributed by atoms with Crippen LogP contribution < -0.4 is 5.01 Å². The van der Waals surface area contributed by atoms with Gasteiger partial charge in [-0.2, -0.15) is 11.8 Å². The number of thioether (sulfide) groups is 1. The standard InChI is InChI=1S/C18H26N4S/c1-7-17-20-16(15-9-8-10-19-11-15)12-22(17)21(5)14(2)18(3,4)13-23-6/h8-12H,2,7,13H2,1,3-6H3. The molecule has 0 unspecified atom stereocenters. The molecule has 0 bridgehead atoms. The van der Waals surface area contributed by atoms with Gasteiger partial charge in [0.2, 0.25) is 0 Å². The number of nitrogens with zero attached hydrogens (tertiary/aromatic N) is 4. The van der Waals surface area contributed by atoms with Gasteiger partial charge in [0.1, 0.15) is 5.82 Å². The lowest BCUT2D eigenvalue weighted by molar-refractivity contribution is 0.468. The first-order valence-corrected chi connectivity index (χ1v) is 9.21. The van der Waals surface area contributed by atoms with E-state index < -0.39 is 0 Å². The summed E-state index contributed by atoms with van der Waals surface area (Å²) in [7, 11) is 2.05. The number of pyridine rings is 1. The number of allylic oxidation sites excluding steroid dienone is 1. The van der Waals surface area contributed by atoms with E-state index in [0.29, 0.717) is 0 Å². The van der Waals surface area contributed by atoms with Crippen LogP contribution in [-0.2, 0) is 6.42 Å². The molecule has 23 heavy (non-hydrogen) atoms. The maximum atomic E-state index is 4.77. The van der Waals surface area contributed by atoms with Crippen LogP contribution in [0.3, 0.4) is 0 Å². The monoisotopic (exact) mass is 330 g/mol. The maximum absolute atomic E-state index is 4.77. The molecule has 2 heterocycles. The molecule has 0 aliphatic rings. The molecule has 0 aliphatic carbocycles. The van der Waals surface area contributed by atoms with Crippen molar-refractivity contribution in [3.63, 3.8) is 0 Å². The molecule has 0 amide bonds. The Bertz CT molecular complexity index is 661. The number of aryl methyl sites for hydroxylation is 1. The lowest BCUT2D eigenvalue weighted by Gasteiger charge is -2.34. The van der Waals surface area contributed by atoms with Crippen molar-refractivity contribution in [3.05, 3.63) is 48.8 Å². The summed E-state index contributed by atoms with van der Waals surface area (Å²) >= 11 is 1.84. The second kappa shape index (κ2) is 7.21. The quantitative estimate of drug-likeness (QED) is 0.769. The molecule has 4 nitrogen and oxygen atoms in total. The fourth-order valence-electron chi connectivity index (χ4n) is 2.58. The Hall–Kier alpha value is -1.75. The van der Waals surface area contributed by atoms with Gasteiger partial charge in [0.15, 0.2) is 0 Å². The summed E-state index contributed by atoms with van der Waals surface area (Å²) in [4.78, 5) is 8.95. The molecule has 0 aliphatic heterocycles. The summed E-state index contributed by atoms with van der Waals surface area (Å²) in [6.45, 7) is 10.9. The van der Waals surface area contributed by atoms with Gasteiger partial charge >= 0.3 is 0 Å². The second-order valence-corrected chi connectivity index (χ2v) is 7.14. The van der Waals surface area contributed by atoms with Gasteiger partial charge in [-0.3, -0.25) is 9.99 Å². The van der Waals surface area contributed by atoms with Crippen molar-refractivity contribution < 1.29 is 0 Å². The van der Waals surface area contributed by atoms with E-state index in [9.17, 15) is 0 Å². The van der Waals surface area contributed by atoms with Gasteiger partial charge in [0.25, 0.3) is 0 Å². The second-order valence-electron chi connectivity index (χ2n) is 6.27. The molecule has 5 heteroatoms. The van der Waals surface area contributed by atoms with E-state index in [1.807, 2.05) is 30.1 Å². The summed E-state index contributed by atoms with van der Waals surface area (Å²) in [6, 6.07) is 3.97. The topological polar surface area (TPSA) is 34.0 Å². The molecule has 2 rings (SSSR count). The Morgan fingerprint density at radius 2 is 2.17 bits per heavy atom. The molecule has 0 saturated heterocycles. The zero-order valence-electron chi connectivity index (χ0n) is 14.7. The van der Waals surface area contributed by atoms with Gasteiger partial charge in [-0.05, 0) is 18.4 Å². The molecule has 2 aromatic rings. The maximum Gasteiger partial charge on any atom is 0.128 e. The molecule has 0 atom stereocenters. The number of aromatic nitrogens is 3. The Balaban J connectivity index is 2.35. The molecule has 0 radical (unpaired) electrons. The highest BCUT2D eigenvalue weighted by molar-refractivity contribution is 7.98. The van der Waals surface area contributed by atoms with Crippen LogP contribution in [0, 0.1) is 5.41 Å². The Labute approximate surface area is 143 Å². The van der Waals surface area contributed by atoms with E-state index in [0.717, 1.165) is 35.0 Å². The van der Waals surface area contributed by atoms with Crippen LogP contribution in [0.15, 0.2) is 43.0 Å². The lowest BCUT2D eigenvalue weighted by Crippen LogP contribution is -2.37. The number of imidazole rings is 1. The third-order valence-electron chi connectivity index (χ3n) is 4.03. The fraction of sp³-hybridized carbons (Fsp3) is 0.444. The van der Waals surface area contributed by atoms with Crippen molar-refractivity contribution >= 4 is 11.8 Å². The third-order valence-corrected chi connectivity index (χ3v) is 5.04. The highest BCUT2D eigenvalue weighted by Gasteiger charge is 2.26. The van der Waals surface area contributed by atoms with Crippen molar-refractivity contribution in [1.82, 2.24) is 14.6 Å². The normalized spacial score (nSPS) is 11.5. The van der Waals surface area contributed by atoms with Gasteiger partial charge in [-0.1, -0.05) is 27.4 Å². The van der Waals surface area contributed by atoms with Crippen molar-refractivity contribution in [2.45, 2.75) is 27.2 Å². The van der Waals surface area contributed by atoms with Gasteiger partial charge in [-0.15, -0.1) is 0 Å². The zero-order chi connectivity index (χ0) is 17.0. The highest BCUT2D eigenvalue weighted by Crippen LogP contribution is 2.30.